The molecule has 7 heteroatoms. The van der Waals surface area contributed by atoms with E-state index >= 15 is 0 Å². The molecule has 0 atom stereocenters. The summed E-state index contributed by atoms with van der Waals surface area (Å²) in [5.74, 6) is 0.0215. The van der Waals surface area contributed by atoms with Gasteiger partial charge in [-0.15, -0.1) is 0 Å². The third-order valence-electron chi connectivity index (χ3n) is 2.80. The van der Waals surface area contributed by atoms with Crippen LogP contribution < -0.4 is 5.73 Å². The lowest BCUT2D eigenvalue weighted by Gasteiger charge is -2.07. The van der Waals surface area contributed by atoms with Crippen LogP contribution in [0.5, 0.6) is 0 Å². The molecule has 2 heterocycles. The van der Waals surface area contributed by atoms with Gasteiger partial charge in [0, 0.05) is 18.0 Å². The number of hydrogen-bond donors (Lipinski definition) is 2. The molecule has 0 amide bonds. The van der Waals surface area contributed by atoms with Crippen molar-refractivity contribution >= 4 is 17.4 Å². The molecule has 0 saturated heterocycles. The van der Waals surface area contributed by atoms with E-state index < -0.39 is 5.82 Å². The number of hydrogen-bond acceptors (Lipinski definition) is 4. The quantitative estimate of drug-likeness (QED) is 0.760. The molecule has 1 aromatic carbocycles. The van der Waals surface area contributed by atoms with E-state index in [1.54, 1.807) is 24.5 Å². The van der Waals surface area contributed by atoms with Crippen molar-refractivity contribution in [2.75, 3.05) is 5.73 Å². The van der Waals surface area contributed by atoms with Crippen LogP contribution in [0.3, 0.4) is 0 Å². The van der Waals surface area contributed by atoms with E-state index in [1.807, 2.05) is 0 Å². The van der Waals surface area contributed by atoms with Gasteiger partial charge in [0.1, 0.15) is 11.5 Å². The molecule has 0 radical (unpaired) electrons. The number of rotatable bonds is 2. The van der Waals surface area contributed by atoms with E-state index in [2.05, 4.69) is 20.2 Å². The lowest BCUT2D eigenvalue weighted by molar-refractivity contribution is 0.631. The number of halogens is 2. The van der Waals surface area contributed by atoms with Crippen LogP contribution in [0.25, 0.3) is 22.6 Å². The monoisotopic (exact) mass is 289 g/mol. The van der Waals surface area contributed by atoms with Gasteiger partial charge < -0.3 is 5.73 Å². The van der Waals surface area contributed by atoms with Gasteiger partial charge in [0.25, 0.3) is 0 Å². The van der Waals surface area contributed by atoms with Gasteiger partial charge in [0.2, 0.25) is 0 Å². The van der Waals surface area contributed by atoms with Crippen LogP contribution >= 0.6 is 11.6 Å². The number of anilines is 1. The van der Waals surface area contributed by atoms with E-state index in [4.69, 9.17) is 17.3 Å². The number of benzene rings is 1. The zero-order chi connectivity index (χ0) is 14.1. The highest BCUT2D eigenvalue weighted by Gasteiger charge is 2.21. The van der Waals surface area contributed by atoms with Gasteiger partial charge in [0.15, 0.2) is 11.6 Å². The van der Waals surface area contributed by atoms with Crippen molar-refractivity contribution in [1.82, 2.24) is 20.2 Å². The van der Waals surface area contributed by atoms with Gasteiger partial charge in [-0.05, 0) is 18.2 Å². The van der Waals surface area contributed by atoms with Crippen molar-refractivity contribution in [2.24, 2.45) is 0 Å². The average molecular weight is 290 g/mol. The third-order valence-corrected chi connectivity index (χ3v) is 3.11. The molecule has 0 aliphatic heterocycles. The first-order valence-corrected chi connectivity index (χ1v) is 6.12. The highest BCUT2D eigenvalue weighted by molar-refractivity contribution is 6.33. The predicted molar refractivity (Wildman–Crippen MR) is 74.4 cm³/mol. The molecule has 0 spiro atoms. The van der Waals surface area contributed by atoms with Crippen LogP contribution in [0, 0.1) is 5.82 Å². The van der Waals surface area contributed by atoms with Gasteiger partial charge in [-0.2, -0.15) is 5.10 Å². The van der Waals surface area contributed by atoms with Crippen molar-refractivity contribution in [3.8, 4) is 22.6 Å². The second-order valence-electron chi connectivity index (χ2n) is 4.03. The van der Waals surface area contributed by atoms with E-state index in [-0.39, 0.29) is 16.4 Å². The maximum Gasteiger partial charge on any atom is 0.178 e. The maximum atomic E-state index is 14.1. The highest BCUT2D eigenvalue weighted by Crippen LogP contribution is 2.38. The van der Waals surface area contributed by atoms with Crippen LogP contribution in [-0.2, 0) is 0 Å². The molecule has 0 fully saturated rings. The predicted octanol–water partition coefficient (Wildman–Crippen LogP) is 2.91. The molecule has 0 bridgehead atoms. The largest absolute Gasteiger partial charge is 0.382 e. The minimum Gasteiger partial charge on any atom is -0.382 e. The van der Waals surface area contributed by atoms with Crippen LogP contribution in [-0.4, -0.2) is 20.2 Å². The smallest absolute Gasteiger partial charge is 0.178 e. The van der Waals surface area contributed by atoms with Gasteiger partial charge in [-0.3, -0.25) is 5.10 Å². The molecule has 3 aromatic rings. The van der Waals surface area contributed by atoms with Crippen LogP contribution in [0.1, 0.15) is 0 Å². The number of nitrogens with two attached hydrogens (primary N) is 1. The zero-order valence-electron chi connectivity index (χ0n) is 10.1. The Hall–Kier alpha value is -2.47. The first-order chi connectivity index (χ1) is 9.68. The lowest BCUT2D eigenvalue weighted by Crippen LogP contribution is -1.94. The molecule has 100 valence electrons. The van der Waals surface area contributed by atoms with Crippen LogP contribution in [0.15, 0.2) is 36.7 Å². The lowest BCUT2D eigenvalue weighted by atomic mass is 10.0. The minimum absolute atomic E-state index is 0.138. The molecule has 2 aromatic heterocycles. The summed E-state index contributed by atoms with van der Waals surface area (Å²) in [7, 11) is 0. The molecule has 5 nitrogen and oxygen atoms in total. The Morgan fingerprint density at radius 1 is 1.10 bits per heavy atom. The number of H-pyrrole nitrogens is 1. The fraction of sp³-hybridized carbons (Fsp3) is 0. The number of nitrogen functional groups attached to an aromatic ring is 1. The summed E-state index contributed by atoms with van der Waals surface area (Å²) >= 11 is 6.07. The zero-order valence-corrected chi connectivity index (χ0v) is 10.9. The van der Waals surface area contributed by atoms with Crippen LogP contribution in [0.4, 0.5) is 10.2 Å². The fourth-order valence-electron chi connectivity index (χ4n) is 1.94. The molecule has 3 rings (SSSR count). The van der Waals surface area contributed by atoms with E-state index in [0.717, 1.165) is 0 Å². The van der Waals surface area contributed by atoms with Crippen molar-refractivity contribution < 1.29 is 4.39 Å². The molecule has 0 aliphatic carbocycles. The van der Waals surface area contributed by atoms with E-state index in [9.17, 15) is 4.39 Å². The molecule has 0 aliphatic rings. The molecule has 0 saturated carbocycles. The summed E-state index contributed by atoms with van der Waals surface area (Å²) in [5, 5.41) is 6.86. The maximum absolute atomic E-state index is 14.1. The summed E-state index contributed by atoms with van der Waals surface area (Å²) in [4.78, 5) is 8.21. The van der Waals surface area contributed by atoms with Crippen molar-refractivity contribution in [1.29, 1.82) is 0 Å². The number of nitrogens with one attached hydrogen (secondary N) is 1. The van der Waals surface area contributed by atoms with E-state index in [1.165, 1.54) is 12.1 Å². The van der Waals surface area contributed by atoms with Crippen LogP contribution in [0.2, 0.25) is 5.02 Å². The van der Waals surface area contributed by atoms with E-state index in [0.29, 0.717) is 17.1 Å². The van der Waals surface area contributed by atoms with Gasteiger partial charge >= 0.3 is 0 Å². The highest BCUT2D eigenvalue weighted by atomic mass is 35.5. The summed E-state index contributed by atoms with van der Waals surface area (Å²) in [6, 6.07) is 6.10. The molecule has 0 unspecified atom stereocenters. The number of aromatic nitrogens is 4. The van der Waals surface area contributed by atoms with Crippen molar-refractivity contribution in [3.63, 3.8) is 0 Å². The Morgan fingerprint density at radius 2 is 1.85 bits per heavy atom. The molecule has 20 heavy (non-hydrogen) atoms. The standard InChI is InChI=1S/C13H9ClFN5/c14-7-3-1-4-8(15)9(7)10-11(19-20-12(10)16)13-17-5-2-6-18-13/h1-6H,(H3,16,19,20). The average Bonchev–Trinajstić information content (AvgIpc) is 2.82. The fourth-order valence-corrected chi connectivity index (χ4v) is 2.19. The molecular weight excluding hydrogens is 281 g/mol. The van der Waals surface area contributed by atoms with Gasteiger partial charge in [-0.25, -0.2) is 14.4 Å². The Morgan fingerprint density at radius 3 is 2.55 bits per heavy atom. The minimum atomic E-state index is -0.484. The Bertz CT molecular complexity index is 736. The molecule has 3 N–H and O–H groups in total. The first-order valence-electron chi connectivity index (χ1n) is 5.74. The van der Waals surface area contributed by atoms with Gasteiger partial charge in [0.05, 0.1) is 10.6 Å². The summed E-state index contributed by atoms with van der Waals surface area (Å²) in [6.07, 6.45) is 3.15. The number of nitrogens with zero attached hydrogens (tertiary/aromatic N) is 3. The second-order valence-corrected chi connectivity index (χ2v) is 4.44. The Labute approximate surface area is 118 Å². The first kappa shape index (κ1) is 12.6. The van der Waals surface area contributed by atoms with Gasteiger partial charge in [-0.1, -0.05) is 17.7 Å². The Kier molecular flexibility index (Phi) is 3.08. The second kappa shape index (κ2) is 4.90. The summed E-state index contributed by atoms with van der Waals surface area (Å²) < 4.78 is 14.1. The Balaban J connectivity index is 2.28. The van der Waals surface area contributed by atoms with Crippen molar-refractivity contribution in [2.45, 2.75) is 0 Å². The summed E-state index contributed by atoms with van der Waals surface area (Å²) in [6.45, 7) is 0. The topological polar surface area (TPSA) is 80.5 Å². The molecular formula is C13H9ClFN5. The third kappa shape index (κ3) is 2.00. The van der Waals surface area contributed by atoms with Crippen molar-refractivity contribution in [3.05, 3.63) is 47.5 Å². The SMILES string of the molecule is Nc1n[nH]c(-c2ncccn2)c1-c1c(F)cccc1Cl. The number of aromatic amines is 1. The normalized spacial score (nSPS) is 10.7. The summed E-state index contributed by atoms with van der Waals surface area (Å²) in [5.41, 5.74) is 6.79.